The predicted molar refractivity (Wildman–Crippen MR) is 56.8 cm³/mol. The third-order valence-corrected chi connectivity index (χ3v) is 1.70. The fourth-order valence-corrected chi connectivity index (χ4v) is 0.945. The van der Waals surface area contributed by atoms with E-state index < -0.39 is 0 Å². The number of hydrogen-bond donors (Lipinski definition) is 3. The molecule has 0 spiro atoms. The molecule has 3 N–H and O–H groups in total. The molecule has 0 bridgehead atoms. The highest BCUT2D eigenvalue weighted by Gasteiger charge is 1.97. The van der Waals surface area contributed by atoms with Crippen molar-refractivity contribution in [2.45, 2.75) is 13.3 Å². The normalized spacial score (nSPS) is 9.47. The van der Waals surface area contributed by atoms with Crippen LogP contribution < -0.4 is 16.2 Å². The van der Waals surface area contributed by atoms with Gasteiger partial charge in [0.1, 0.15) is 5.82 Å². The van der Waals surface area contributed by atoms with Gasteiger partial charge in [0.25, 0.3) is 0 Å². The van der Waals surface area contributed by atoms with Gasteiger partial charge in [-0.15, -0.1) is 0 Å². The minimum atomic E-state index is -0.309. The minimum absolute atomic E-state index is 0.304. The topological polar surface area (TPSA) is 53.2 Å². The maximum absolute atomic E-state index is 12.5. The van der Waals surface area contributed by atoms with Crippen molar-refractivity contribution in [1.29, 1.82) is 0 Å². The van der Waals surface area contributed by atoms with Crippen molar-refractivity contribution in [1.82, 2.24) is 10.7 Å². The second-order valence-corrected chi connectivity index (χ2v) is 3.01. The molecule has 0 radical (unpaired) electrons. The molecule has 0 fully saturated rings. The number of benzene rings is 1. The van der Waals surface area contributed by atoms with E-state index in [-0.39, 0.29) is 11.8 Å². The first-order valence-corrected chi connectivity index (χ1v) is 4.78. The molecule has 0 aliphatic heterocycles. The number of carbonyl (C=O) groups is 1. The largest absolute Gasteiger partial charge is 0.337 e. The van der Waals surface area contributed by atoms with Gasteiger partial charge in [-0.3, -0.25) is 10.9 Å². The Morgan fingerprint density at radius 1 is 1.33 bits per heavy atom. The lowest BCUT2D eigenvalue weighted by Gasteiger charge is -2.08. The summed E-state index contributed by atoms with van der Waals surface area (Å²) < 4.78 is 12.5. The maximum atomic E-state index is 12.5. The van der Waals surface area contributed by atoms with Gasteiger partial charge < -0.3 is 5.32 Å². The number of amides is 2. The Balaban J connectivity index is 2.30. The first-order chi connectivity index (χ1) is 7.22. The summed E-state index contributed by atoms with van der Waals surface area (Å²) in [4.78, 5) is 11.1. The van der Waals surface area contributed by atoms with Crippen LogP contribution in [0.4, 0.5) is 14.9 Å². The van der Waals surface area contributed by atoms with E-state index in [9.17, 15) is 9.18 Å². The molecule has 5 heteroatoms. The van der Waals surface area contributed by atoms with Crippen LogP contribution in [0.3, 0.4) is 0 Å². The van der Waals surface area contributed by atoms with E-state index >= 15 is 0 Å². The number of urea groups is 1. The standard InChI is InChI=1S/C10H14FN3O/c1-2-7-12-10(15)14-13-9-5-3-8(11)4-6-9/h3-6,13H,2,7H2,1H3,(H2,12,14,15). The lowest BCUT2D eigenvalue weighted by atomic mass is 10.3. The van der Waals surface area contributed by atoms with Crippen LogP contribution in [0, 0.1) is 5.82 Å². The molecule has 0 aromatic heterocycles. The Morgan fingerprint density at radius 2 is 2.00 bits per heavy atom. The molecular weight excluding hydrogens is 197 g/mol. The van der Waals surface area contributed by atoms with Crippen LogP contribution in [0.1, 0.15) is 13.3 Å². The zero-order valence-electron chi connectivity index (χ0n) is 8.51. The third-order valence-electron chi connectivity index (χ3n) is 1.70. The number of nitrogens with one attached hydrogen (secondary N) is 3. The SMILES string of the molecule is CCCNC(=O)NNc1ccc(F)cc1. The fraction of sp³-hybridized carbons (Fsp3) is 0.300. The van der Waals surface area contributed by atoms with Gasteiger partial charge in [0.15, 0.2) is 0 Å². The first-order valence-electron chi connectivity index (χ1n) is 4.78. The third kappa shape index (κ3) is 4.30. The predicted octanol–water partition coefficient (Wildman–Crippen LogP) is 1.86. The van der Waals surface area contributed by atoms with Crippen molar-refractivity contribution in [3.63, 3.8) is 0 Å². The summed E-state index contributed by atoms with van der Waals surface area (Å²) in [6, 6.07) is 5.40. The van der Waals surface area contributed by atoms with Gasteiger partial charge >= 0.3 is 6.03 Å². The summed E-state index contributed by atoms with van der Waals surface area (Å²) in [5.41, 5.74) is 5.71. The van der Waals surface area contributed by atoms with Crippen LogP contribution in [0.5, 0.6) is 0 Å². The number of carbonyl (C=O) groups excluding carboxylic acids is 1. The second-order valence-electron chi connectivity index (χ2n) is 3.01. The molecule has 0 saturated heterocycles. The monoisotopic (exact) mass is 211 g/mol. The highest BCUT2D eigenvalue weighted by atomic mass is 19.1. The summed E-state index contributed by atoms with van der Waals surface area (Å²) in [5.74, 6) is -0.309. The van der Waals surface area contributed by atoms with Crippen molar-refractivity contribution in [3.05, 3.63) is 30.1 Å². The van der Waals surface area contributed by atoms with Crippen LogP contribution in [0.2, 0.25) is 0 Å². The van der Waals surface area contributed by atoms with Crippen molar-refractivity contribution >= 4 is 11.7 Å². The van der Waals surface area contributed by atoms with Gasteiger partial charge in [-0.1, -0.05) is 6.92 Å². The van der Waals surface area contributed by atoms with Crippen molar-refractivity contribution in [2.24, 2.45) is 0 Å². The van der Waals surface area contributed by atoms with Crippen molar-refractivity contribution in [2.75, 3.05) is 12.0 Å². The maximum Gasteiger partial charge on any atom is 0.333 e. The van der Waals surface area contributed by atoms with E-state index in [1.165, 1.54) is 24.3 Å². The zero-order chi connectivity index (χ0) is 11.1. The Hall–Kier alpha value is -1.78. The Labute approximate surface area is 87.8 Å². The Morgan fingerprint density at radius 3 is 2.60 bits per heavy atom. The lowest BCUT2D eigenvalue weighted by Crippen LogP contribution is -2.39. The number of halogens is 1. The molecule has 82 valence electrons. The van der Waals surface area contributed by atoms with E-state index in [1.54, 1.807) is 0 Å². The lowest BCUT2D eigenvalue weighted by molar-refractivity contribution is 0.243. The summed E-state index contributed by atoms with van der Waals surface area (Å²) >= 11 is 0. The fourth-order valence-electron chi connectivity index (χ4n) is 0.945. The molecule has 2 amide bonds. The van der Waals surface area contributed by atoms with Crippen LogP contribution in [-0.2, 0) is 0 Å². The summed E-state index contributed by atoms with van der Waals surface area (Å²) in [6.07, 6.45) is 0.879. The molecule has 1 aromatic rings. The van der Waals surface area contributed by atoms with Gasteiger partial charge in [0, 0.05) is 6.54 Å². The van der Waals surface area contributed by atoms with E-state index in [2.05, 4.69) is 16.2 Å². The van der Waals surface area contributed by atoms with Gasteiger partial charge in [0.2, 0.25) is 0 Å². The molecule has 15 heavy (non-hydrogen) atoms. The number of hydrogen-bond acceptors (Lipinski definition) is 2. The molecule has 0 saturated carbocycles. The highest BCUT2D eigenvalue weighted by Crippen LogP contribution is 2.06. The molecule has 0 unspecified atom stereocenters. The highest BCUT2D eigenvalue weighted by molar-refractivity contribution is 5.75. The minimum Gasteiger partial charge on any atom is -0.337 e. The van der Waals surface area contributed by atoms with Crippen LogP contribution >= 0.6 is 0 Å². The van der Waals surface area contributed by atoms with Crippen LogP contribution in [-0.4, -0.2) is 12.6 Å². The summed E-state index contributed by atoms with van der Waals surface area (Å²) in [5, 5.41) is 2.63. The number of rotatable bonds is 4. The second kappa shape index (κ2) is 5.85. The average Bonchev–Trinajstić information content (AvgIpc) is 2.25. The smallest absolute Gasteiger partial charge is 0.333 e. The van der Waals surface area contributed by atoms with Crippen molar-refractivity contribution in [3.8, 4) is 0 Å². The molecule has 0 aliphatic carbocycles. The summed E-state index contributed by atoms with van der Waals surface area (Å²) in [6.45, 7) is 2.59. The van der Waals surface area contributed by atoms with Crippen LogP contribution in [0.15, 0.2) is 24.3 Å². The Bertz CT molecular complexity index is 313. The van der Waals surface area contributed by atoms with E-state index in [0.29, 0.717) is 12.2 Å². The van der Waals surface area contributed by atoms with E-state index in [1.807, 2.05) is 6.92 Å². The van der Waals surface area contributed by atoms with Gasteiger partial charge in [-0.25, -0.2) is 9.18 Å². The van der Waals surface area contributed by atoms with Gasteiger partial charge in [-0.2, -0.15) is 0 Å². The van der Waals surface area contributed by atoms with Crippen LogP contribution in [0.25, 0.3) is 0 Å². The molecular formula is C10H14FN3O. The first kappa shape index (κ1) is 11.3. The quantitative estimate of drug-likeness (QED) is 0.666. The zero-order valence-corrected chi connectivity index (χ0v) is 8.51. The average molecular weight is 211 g/mol. The molecule has 0 heterocycles. The molecule has 1 aromatic carbocycles. The molecule has 1 rings (SSSR count). The number of anilines is 1. The van der Waals surface area contributed by atoms with Gasteiger partial charge in [0.05, 0.1) is 5.69 Å². The summed E-state index contributed by atoms with van der Waals surface area (Å²) in [7, 11) is 0. The van der Waals surface area contributed by atoms with E-state index in [4.69, 9.17) is 0 Å². The van der Waals surface area contributed by atoms with Crippen molar-refractivity contribution < 1.29 is 9.18 Å². The Kier molecular flexibility index (Phi) is 4.40. The number of hydrazine groups is 1. The van der Waals surface area contributed by atoms with Gasteiger partial charge in [-0.05, 0) is 30.7 Å². The van der Waals surface area contributed by atoms with E-state index in [0.717, 1.165) is 6.42 Å². The molecule has 0 atom stereocenters. The molecule has 4 nitrogen and oxygen atoms in total. The molecule has 0 aliphatic rings.